The molecule has 0 atom stereocenters. The van der Waals surface area contributed by atoms with Crippen molar-refractivity contribution in [2.45, 2.75) is 11.5 Å². The molecule has 0 amide bonds. The molecule has 0 aliphatic carbocycles. The van der Waals surface area contributed by atoms with E-state index in [-0.39, 0.29) is 39.3 Å². The molecule has 0 fully saturated rings. The van der Waals surface area contributed by atoms with Crippen LogP contribution in [0.2, 0.25) is 0 Å². The molecule has 0 aliphatic heterocycles. The van der Waals surface area contributed by atoms with Gasteiger partial charge in [0.15, 0.2) is 5.88 Å². The van der Waals surface area contributed by atoms with E-state index in [1.807, 2.05) is 0 Å². The van der Waals surface area contributed by atoms with E-state index >= 15 is 0 Å². The van der Waals surface area contributed by atoms with Gasteiger partial charge in [-0.25, -0.2) is 9.18 Å². The quantitative estimate of drug-likeness (QED) is 0.544. The number of alkyl halides is 1. The molecular weight excluding hydrogens is 412 g/mol. The zero-order valence-electron chi connectivity index (χ0n) is 12.7. The maximum absolute atomic E-state index is 12.8. The molecule has 0 bridgehead atoms. The van der Waals surface area contributed by atoms with Crippen molar-refractivity contribution in [3.8, 4) is 11.6 Å². The SMILES string of the molecule is Cn1nnn(-c2cccc(SCF)c2COc2cc[n-]n2)c1=O.[Y]. The van der Waals surface area contributed by atoms with E-state index < -0.39 is 11.7 Å². The summed E-state index contributed by atoms with van der Waals surface area (Å²) in [6.45, 7) is 0.0974. The Morgan fingerprint density at radius 3 is 2.79 bits per heavy atom. The number of nitrogens with zero attached hydrogens (tertiary/aromatic N) is 6. The second kappa shape index (κ2) is 8.54. The molecular formula is C13H12FN6O2SY-. The molecule has 8 nitrogen and oxygen atoms in total. The third-order valence-corrected chi connectivity index (χ3v) is 3.88. The Balaban J connectivity index is 0.00000208. The number of hydrogen-bond acceptors (Lipinski definition) is 6. The van der Waals surface area contributed by atoms with E-state index in [9.17, 15) is 9.18 Å². The van der Waals surface area contributed by atoms with Crippen LogP contribution in [-0.2, 0) is 46.4 Å². The van der Waals surface area contributed by atoms with Crippen LogP contribution in [0, 0.1) is 0 Å². The summed E-state index contributed by atoms with van der Waals surface area (Å²) in [5, 5.41) is 15.0. The Morgan fingerprint density at radius 2 is 2.17 bits per heavy atom. The van der Waals surface area contributed by atoms with E-state index in [4.69, 9.17) is 4.74 Å². The van der Waals surface area contributed by atoms with Crippen LogP contribution in [0.4, 0.5) is 4.39 Å². The largest absolute Gasteiger partial charge is 0.579 e. The molecule has 1 radical (unpaired) electrons. The molecule has 0 aliphatic rings. The van der Waals surface area contributed by atoms with Crippen molar-refractivity contribution >= 4 is 11.8 Å². The molecule has 11 heteroatoms. The van der Waals surface area contributed by atoms with Gasteiger partial charge < -0.3 is 14.9 Å². The summed E-state index contributed by atoms with van der Waals surface area (Å²) in [6.07, 6.45) is 1.51. The Labute approximate surface area is 165 Å². The second-order valence-corrected chi connectivity index (χ2v) is 5.41. The van der Waals surface area contributed by atoms with E-state index in [1.54, 1.807) is 24.3 Å². The van der Waals surface area contributed by atoms with Crippen molar-refractivity contribution in [1.82, 2.24) is 30.0 Å². The van der Waals surface area contributed by atoms with E-state index in [0.717, 1.165) is 21.1 Å². The number of ether oxygens (including phenoxy) is 1. The summed E-state index contributed by atoms with van der Waals surface area (Å²) >= 11 is 1.01. The van der Waals surface area contributed by atoms with Gasteiger partial charge >= 0.3 is 5.69 Å². The predicted octanol–water partition coefficient (Wildman–Crippen LogP) is 0.914. The monoisotopic (exact) mass is 424 g/mol. The molecule has 0 N–H and O–H groups in total. The zero-order chi connectivity index (χ0) is 16.2. The van der Waals surface area contributed by atoms with Crippen LogP contribution in [0.25, 0.3) is 5.69 Å². The van der Waals surface area contributed by atoms with Gasteiger partial charge in [0.1, 0.15) is 12.6 Å². The number of thioether (sulfide) groups is 1. The molecule has 0 saturated carbocycles. The number of halogens is 1. The van der Waals surface area contributed by atoms with Crippen molar-refractivity contribution < 1.29 is 41.8 Å². The van der Waals surface area contributed by atoms with Crippen LogP contribution in [0.3, 0.4) is 0 Å². The van der Waals surface area contributed by atoms with Crippen molar-refractivity contribution in [3.05, 3.63) is 46.5 Å². The third-order valence-electron chi connectivity index (χ3n) is 3.07. The third kappa shape index (κ3) is 3.93. The average Bonchev–Trinajstić information content (AvgIpc) is 3.18. The first-order valence-corrected chi connectivity index (χ1v) is 7.56. The number of aromatic nitrogens is 6. The Morgan fingerprint density at radius 1 is 1.33 bits per heavy atom. The number of tetrazole rings is 1. The maximum Gasteiger partial charge on any atom is 0.368 e. The molecule has 0 unspecified atom stereocenters. The first-order chi connectivity index (χ1) is 11.2. The van der Waals surface area contributed by atoms with Gasteiger partial charge in [-0.05, 0) is 28.6 Å². The fourth-order valence-electron chi connectivity index (χ4n) is 2.00. The summed E-state index contributed by atoms with van der Waals surface area (Å²) in [5.74, 6) is 0.350. The Hall–Kier alpha value is -1.52. The minimum absolute atomic E-state index is 0. The first kappa shape index (κ1) is 18.8. The van der Waals surface area contributed by atoms with Gasteiger partial charge in [0.05, 0.1) is 5.69 Å². The Bertz CT molecular complexity index is 851. The van der Waals surface area contributed by atoms with Gasteiger partial charge in [0.2, 0.25) is 0 Å². The zero-order valence-corrected chi connectivity index (χ0v) is 16.3. The topological polar surface area (TPSA) is 88.9 Å². The van der Waals surface area contributed by atoms with E-state index in [0.29, 0.717) is 22.0 Å². The predicted molar refractivity (Wildman–Crippen MR) is 80.3 cm³/mol. The van der Waals surface area contributed by atoms with Crippen molar-refractivity contribution in [2.24, 2.45) is 7.05 Å². The van der Waals surface area contributed by atoms with Crippen molar-refractivity contribution in [1.29, 1.82) is 0 Å². The maximum atomic E-state index is 12.8. The molecule has 24 heavy (non-hydrogen) atoms. The van der Waals surface area contributed by atoms with Gasteiger partial charge in [-0.2, -0.15) is 15.6 Å². The minimum Gasteiger partial charge on any atom is -0.579 e. The summed E-state index contributed by atoms with van der Waals surface area (Å²) in [7, 11) is 1.50. The van der Waals surface area contributed by atoms with Gasteiger partial charge in [-0.3, -0.25) is 0 Å². The summed E-state index contributed by atoms with van der Waals surface area (Å²) in [6, 6.07) is 6.19. The van der Waals surface area contributed by atoms with Crippen LogP contribution in [-0.4, -0.2) is 30.9 Å². The molecule has 0 spiro atoms. The van der Waals surface area contributed by atoms with E-state index in [1.165, 1.54) is 13.2 Å². The van der Waals surface area contributed by atoms with Crippen LogP contribution in [0.15, 0.2) is 40.2 Å². The normalized spacial score (nSPS) is 10.4. The molecule has 0 saturated heterocycles. The summed E-state index contributed by atoms with van der Waals surface area (Å²) in [4.78, 5) is 12.7. The van der Waals surface area contributed by atoms with Gasteiger partial charge in [-0.15, -0.1) is 0 Å². The molecule has 3 aromatic rings. The van der Waals surface area contributed by atoms with Crippen LogP contribution in [0.5, 0.6) is 5.88 Å². The number of hydrogen-bond donors (Lipinski definition) is 0. The van der Waals surface area contributed by atoms with Gasteiger partial charge in [-0.1, -0.05) is 17.8 Å². The van der Waals surface area contributed by atoms with Crippen LogP contribution >= 0.6 is 11.8 Å². The fourth-order valence-corrected chi connectivity index (χ4v) is 2.63. The second-order valence-electron chi connectivity index (χ2n) is 4.46. The average molecular weight is 424 g/mol. The molecule has 2 heterocycles. The standard InChI is InChI=1S/C13H12FN6O2S.Y/c1-19-13(21)20(18-17-19)10-3-2-4-11(23-8-14)9(10)7-22-12-5-6-15-16-12;/h2-6H,7-8H2,1H3;/q-1;. The Kier molecular flexibility index (Phi) is 6.70. The van der Waals surface area contributed by atoms with Gasteiger partial charge in [0, 0.05) is 50.2 Å². The van der Waals surface area contributed by atoms with Crippen LogP contribution in [0.1, 0.15) is 5.56 Å². The number of rotatable bonds is 6. The van der Waals surface area contributed by atoms with Crippen molar-refractivity contribution in [2.75, 3.05) is 6.01 Å². The fraction of sp³-hybridized carbons (Fsp3) is 0.231. The molecule has 1 aromatic carbocycles. The minimum atomic E-state index is -0.595. The van der Waals surface area contributed by atoms with Crippen molar-refractivity contribution in [3.63, 3.8) is 0 Å². The molecule has 3 rings (SSSR count). The summed E-state index contributed by atoms with van der Waals surface area (Å²) in [5.41, 5.74) is 0.712. The summed E-state index contributed by atoms with van der Waals surface area (Å²) < 4.78 is 20.6. The smallest absolute Gasteiger partial charge is 0.368 e. The molecule has 2 aromatic heterocycles. The first-order valence-electron chi connectivity index (χ1n) is 6.58. The number of benzene rings is 1. The van der Waals surface area contributed by atoms with Gasteiger partial charge in [0.25, 0.3) is 0 Å². The van der Waals surface area contributed by atoms with Crippen LogP contribution < -0.4 is 15.5 Å². The number of aryl methyl sites for hydroxylation is 1. The molecule has 123 valence electrons. The van der Waals surface area contributed by atoms with E-state index in [2.05, 4.69) is 20.6 Å².